The Balaban J connectivity index is 1.60. The number of hydrogen-bond donors (Lipinski definition) is 0. The molecular weight excluding hydrogens is 446 g/mol. The van der Waals surface area contributed by atoms with Crippen molar-refractivity contribution in [2.45, 2.75) is 39.5 Å². The highest BCUT2D eigenvalue weighted by Gasteiger charge is 2.08. The average molecular weight is 484 g/mol. The lowest BCUT2D eigenvalue weighted by Crippen LogP contribution is -2.07. The Morgan fingerprint density at radius 2 is 1.11 bits per heavy atom. The van der Waals surface area contributed by atoms with Crippen LogP contribution in [0.5, 0.6) is 0 Å². The van der Waals surface area contributed by atoms with Crippen LogP contribution in [0.25, 0.3) is 16.7 Å². The molecule has 0 fully saturated rings. The Morgan fingerprint density at radius 3 is 1.62 bits per heavy atom. The van der Waals surface area contributed by atoms with Crippen LogP contribution in [-0.2, 0) is 0 Å². The highest BCUT2D eigenvalue weighted by Crippen LogP contribution is 2.30. The van der Waals surface area contributed by atoms with Gasteiger partial charge in [-0.3, -0.25) is 0 Å². The molecule has 0 atom stereocenters. The van der Waals surface area contributed by atoms with E-state index in [1.165, 1.54) is 27.8 Å². The number of benzene rings is 4. The van der Waals surface area contributed by atoms with E-state index in [4.69, 9.17) is 0 Å². The van der Waals surface area contributed by atoms with E-state index in [9.17, 15) is 0 Å². The summed E-state index contributed by atoms with van der Waals surface area (Å²) in [6, 6.07) is 36.9. The summed E-state index contributed by atoms with van der Waals surface area (Å²) in [5.74, 6) is 1.06. The minimum atomic E-state index is 0.523. The van der Waals surface area contributed by atoms with E-state index in [1.807, 2.05) is 12.1 Å². The highest BCUT2D eigenvalue weighted by molar-refractivity contribution is 5.76. The van der Waals surface area contributed by atoms with Gasteiger partial charge in [0, 0.05) is 17.6 Å². The van der Waals surface area contributed by atoms with E-state index in [0.717, 1.165) is 16.9 Å². The summed E-state index contributed by atoms with van der Waals surface area (Å²) in [4.78, 5) is 2.21. The Hall–Kier alpha value is -4.10. The molecule has 4 rings (SSSR count). The fourth-order valence-corrected chi connectivity index (χ4v) is 4.36. The molecular formula is C36H37N. The largest absolute Gasteiger partial charge is 0.317 e. The zero-order valence-electron chi connectivity index (χ0n) is 22.4. The van der Waals surface area contributed by atoms with E-state index >= 15 is 0 Å². The molecule has 0 spiro atoms. The standard InChI is InChI=1S/C36H37N/c1-6-29(32-18-14-30(15-19-32)27(2)3)11-10-26-37(35-12-8-7-9-13-35)36-24-22-34(23-25-36)33-20-16-31(17-21-33)28(4)5/h6-28H,1H2,2-5H3/b26-10+,29-11+. The summed E-state index contributed by atoms with van der Waals surface area (Å²) in [6.07, 6.45) is 8.26. The predicted molar refractivity (Wildman–Crippen MR) is 162 cm³/mol. The third-order valence-corrected chi connectivity index (χ3v) is 6.73. The zero-order valence-corrected chi connectivity index (χ0v) is 22.4. The Labute approximate surface area is 223 Å². The Bertz CT molecular complexity index is 1340. The lowest BCUT2D eigenvalue weighted by atomic mass is 9.98. The Kier molecular flexibility index (Phi) is 8.59. The topological polar surface area (TPSA) is 3.24 Å². The maximum absolute atomic E-state index is 4.05. The maximum atomic E-state index is 4.05. The monoisotopic (exact) mass is 483 g/mol. The van der Waals surface area contributed by atoms with Crippen molar-refractivity contribution >= 4 is 16.9 Å². The molecule has 4 aromatic rings. The molecule has 0 saturated carbocycles. The van der Waals surface area contributed by atoms with Crippen LogP contribution >= 0.6 is 0 Å². The lowest BCUT2D eigenvalue weighted by Gasteiger charge is -2.21. The highest BCUT2D eigenvalue weighted by atomic mass is 15.1. The van der Waals surface area contributed by atoms with Crippen LogP contribution in [0.1, 0.15) is 56.2 Å². The van der Waals surface area contributed by atoms with Crippen molar-refractivity contribution in [3.8, 4) is 11.1 Å². The van der Waals surface area contributed by atoms with Crippen LogP contribution < -0.4 is 4.90 Å². The molecule has 186 valence electrons. The summed E-state index contributed by atoms with van der Waals surface area (Å²) in [5, 5.41) is 0. The molecule has 0 radical (unpaired) electrons. The van der Waals surface area contributed by atoms with Crippen LogP contribution in [0, 0.1) is 0 Å². The van der Waals surface area contributed by atoms with Crippen molar-refractivity contribution < 1.29 is 0 Å². The molecule has 0 amide bonds. The van der Waals surface area contributed by atoms with E-state index < -0.39 is 0 Å². The average Bonchev–Trinajstić information content (AvgIpc) is 2.94. The second-order valence-corrected chi connectivity index (χ2v) is 9.97. The molecule has 0 N–H and O–H groups in total. The van der Waals surface area contributed by atoms with Gasteiger partial charge < -0.3 is 4.90 Å². The number of para-hydroxylation sites is 1. The summed E-state index contributed by atoms with van der Waals surface area (Å²) in [6.45, 7) is 12.9. The van der Waals surface area contributed by atoms with E-state index in [2.05, 4.69) is 155 Å². The first kappa shape index (κ1) is 26.0. The molecule has 0 aliphatic carbocycles. The van der Waals surface area contributed by atoms with Gasteiger partial charge in [0.1, 0.15) is 0 Å². The Morgan fingerprint density at radius 1 is 0.622 bits per heavy atom. The summed E-state index contributed by atoms with van der Waals surface area (Å²) >= 11 is 0. The van der Waals surface area contributed by atoms with Crippen LogP contribution in [0.2, 0.25) is 0 Å². The third-order valence-electron chi connectivity index (χ3n) is 6.73. The summed E-state index contributed by atoms with van der Waals surface area (Å²) in [7, 11) is 0. The van der Waals surface area contributed by atoms with Gasteiger partial charge in [-0.2, -0.15) is 0 Å². The first-order valence-corrected chi connectivity index (χ1v) is 13.1. The molecule has 0 aromatic heterocycles. The predicted octanol–water partition coefficient (Wildman–Crippen LogP) is 10.5. The van der Waals surface area contributed by atoms with Crippen molar-refractivity contribution in [1.82, 2.24) is 0 Å². The molecule has 4 aromatic carbocycles. The summed E-state index contributed by atoms with van der Waals surface area (Å²) in [5.41, 5.74) is 9.65. The van der Waals surface area contributed by atoms with Gasteiger partial charge in [-0.05, 0) is 75.6 Å². The van der Waals surface area contributed by atoms with Gasteiger partial charge in [0.25, 0.3) is 0 Å². The number of nitrogens with zero attached hydrogens (tertiary/aromatic N) is 1. The molecule has 1 heteroatoms. The number of rotatable bonds is 9. The number of hydrogen-bond acceptors (Lipinski definition) is 1. The molecule has 0 unspecified atom stereocenters. The third kappa shape index (κ3) is 6.57. The van der Waals surface area contributed by atoms with Crippen LogP contribution in [0.3, 0.4) is 0 Å². The first-order chi connectivity index (χ1) is 18.0. The molecule has 0 heterocycles. The van der Waals surface area contributed by atoms with Gasteiger partial charge in [-0.25, -0.2) is 0 Å². The molecule has 0 aliphatic heterocycles. The van der Waals surface area contributed by atoms with Crippen molar-refractivity contribution in [2.24, 2.45) is 0 Å². The molecule has 0 saturated heterocycles. The minimum absolute atomic E-state index is 0.523. The van der Waals surface area contributed by atoms with Gasteiger partial charge >= 0.3 is 0 Å². The van der Waals surface area contributed by atoms with Crippen molar-refractivity contribution in [2.75, 3.05) is 4.90 Å². The lowest BCUT2D eigenvalue weighted by molar-refractivity contribution is 0.866. The fraction of sp³-hybridized carbons (Fsp3) is 0.167. The zero-order chi connectivity index (χ0) is 26.2. The SMILES string of the molecule is C=C/C(=C\C=C\N(c1ccccc1)c1ccc(-c2ccc(C(C)C)cc2)cc1)c1ccc(C(C)C)cc1. The molecule has 0 aliphatic rings. The van der Waals surface area contributed by atoms with Gasteiger partial charge in [0.2, 0.25) is 0 Å². The van der Waals surface area contributed by atoms with Gasteiger partial charge in [-0.1, -0.05) is 125 Å². The van der Waals surface area contributed by atoms with Crippen molar-refractivity contribution in [3.63, 3.8) is 0 Å². The van der Waals surface area contributed by atoms with E-state index in [0.29, 0.717) is 11.8 Å². The summed E-state index contributed by atoms with van der Waals surface area (Å²) < 4.78 is 0. The van der Waals surface area contributed by atoms with Gasteiger partial charge in [0.05, 0.1) is 0 Å². The molecule has 0 bridgehead atoms. The van der Waals surface area contributed by atoms with Crippen LogP contribution in [0.15, 0.2) is 134 Å². The van der Waals surface area contributed by atoms with Crippen LogP contribution in [0.4, 0.5) is 11.4 Å². The van der Waals surface area contributed by atoms with Crippen molar-refractivity contribution in [1.29, 1.82) is 0 Å². The smallest absolute Gasteiger partial charge is 0.0455 e. The quantitative estimate of drug-likeness (QED) is 0.214. The van der Waals surface area contributed by atoms with Gasteiger partial charge in [0.15, 0.2) is 0 Å². The van der Waals surface area contributed by atoms with Crippen LogP contribution in [-0.4, -0.2) is 0 Å². The minimum Gasteiger partial charge on any atom is -0.317 e. The van der Waals surface area contributed by atoms with Crippen molar-refractivity contribution in [3.05, 3.63) is 151 Å². The normalized spacial score (nSPS) is 11.9. The van der Waals surface area contributed by atoms with E-state index in [-0.39, 0.29) is 0 Å². The first-order valence-electron chi connectivity index (χ1n) is 13.1. The molecule has 37 heavy (non-hydrogen) atoms. The second kappa shape index (κ2) is 12.2. The van der Waals surface area contributed by atoms with E-state index in [1.54, 1.807) is 0 Å². The maximum Gasteiger partial charge on any atom is 0.0455 e. The second-order valence-electron chi connectivity index (χ2n) is 9.97. The van der Waals surface area contributed by atoms with Gasteiger partial charge in [-0.15, -0.1) is 0 Å². The molecule has 1 nitrogen and oxygen atoms in total. The number of anilines is 2. The fourth-order valence-electron chi connectivity index (χ4n) is 4.36. The number of allylic oxidation sites excluding steroid dienone is 4.